The van der Waals surface area contributed by atoms with Crippen LogP contribution in [0.3, 0.4) is 0 Å². The molecule has 2 aromatic carbocycles. The summed E-state index contributed by atoms with van der Waals surface area (Å²) < 4.78 is 5.11. The van der Waals surface area contributed by atoms with Gasteiger partial charge in [-0.05, 0) is 23.8 Å². The number of halogens is 2. The van der Waals surface area contributed by atoms with E-state index in [1.165, 1.54) is 24.3 Å². The Kier molecular flexibility index (Phi) is 4.33. The average Bonchev–Trinajstić information content (AvgIpc) is 2.91. The minimum Gasteiger partial charge on any atom is -0.402 e. The third-order valence-electron chi connectivity index (χ3n) is 3.19. The molecule has 0 amide bonds. The van der Waals surface area contributed by atoms with Gasteiger partial charge in [-0.3, -0.25) is 10.1 Å². The van der Waals surface area contributed by atoms with Crippen molar-refractivity contribution in [3.05, 3.63) is 79.4 Å². The molecule has 3 rings (SSSR count). The zero-order valence-corrected chi connectivity index (χ0v) is 13.4. The number of ether oxygens (including phenoxy) is 1. The smallest absolute Gasteiger partial charge is 0.363 e. The molecule has 0 radical (unpaired) electrons. The predicted octanol–water partition coefficient (Wildman–Crippen LogP) is 4.25. The van der Waals surface area contributed by atoms with Crippen LogP contribution in [0.25, 0.3) is 6.08 Å². The topological polar surface area (TPSA) is 81.8 Å². The molecule has 6 nitrogen and oxygen atoms in total. The molecular weight excluding hydrogens is 355 g/mol. The van der Waals surface area contributed by atoms with Crippen LogP contribution in [0, 0.1) is 10.1 Å². The number of cyclic esters (lactones) is 1. The fourth-order valence-electron chi connectivity index (χ4n) is 2.08. The van der Waals surface area contributed by atoms with Crippen molar-refractivity contribution in [2.75, 3.05) is 0 Å². The van der Waals surface area contributed by atoms with Gasteiger partial charge in [0.2, 0.25) is 5.90 Å². The second-order valence-electron chi connectivity index (χ2n) is 4.79. The SMILES string of the molecule is O=C1OC(c2cccc(Cl)c2Cl)=N/C1=C/c1cccc([N+](=O)[O-])c1. The molecule has 0 N–H and O–H groups in total. The summed E-state index contributed by atoms with van der Waals surface area (Å²) >= 11 is 12.0. The first-order valence-corrected chi connectivity index (χ1v) is 7.42. The molecule has 0 aliphatic carbocycles. The van der Waals surface area contributed by atoms with Crippen LogP contribution in [0.2, 0.25) is 10.0 Å². The molecule has 0 saturated carbocycles. The van der Waals surface area contributed by atoms with Crippen LogP contribution >= 0.6 is 23.2 Å². The summed E-state index contributed by atoms with van der Waals surface area (Å²) in [6.45, 7) is 0. The first kappa shape index (κ1) is 16.2. The van der Waals surface area contributed by atoms with Gasteiger partial charge in [0.15, 0.2) is 5.70 Å². The van der Waals surface area contributed by atoms with E-state index >= 15 is 0 Å². The predicted molar refractivity (Wildman–Crippen MR) is 90.2 cm³/mol. The number of esters is 1. The zero-order chi connectivity index (χ0) is 17.3. The Morgan fingerprint density at radius 3 is 2.67 bits per heavy atom. The number of rotatable bonds is 3. The monoisotopic (exact) mass is 362 g/mol. The number of benzene rings is 2. The molecule has 1 heterocycles. The van der Waals surface area contributed by atoms with Crippen LogP contribution in [0.15, 0.2) is 53.2 Å². The van der Waals surface area contributed by atoms with Crippen molar-refractivity contribution in [3.63, 3.8) is 0 Å². The average molecular weight is 363 g/mol. The highest BCUT2D eigenvalue weighted by Crippen LogP contribution is 2.29. The molecule has 0 unspecified atom stereocenters. The Bertz CT molecular complexity index is 922. The van der Waals surface area contributed by atoms with Crippen LogP contribution in [0.1, 0.15) is 11.1 Å². The molecule has 24 heavy (non-hydrogen) atoms. The van der Waals surface area contributed by atoms with E-state index in [0.717, 1.165) is 0 Å². The van der Waals surface area contributed by atoms with Gasteiger partial charge in [-0.2, -0.15) is 0 Å². The second kappa shape index (κ2) is 6.43. The summed E-state index contributed by atoms with van der Waals surface area (Å²) in [5.74, 6) is -0.642. The third kappa shape index (κ3) is 3.15. The van der Waals surface area contributed by atoms with E-state index < -0.39 is 10.9 Å². The van der Waals surface area contributed by atoms with E-state index in [-0.39, 0.29) is 22.3 Å². The van der Waals surface area contributed by atoms with E-state index in [9.17, 15) is 14.9 Å². The molecule has 120 valence electrons. The number of hydrogen-bond acceptors (Lipinski definition) is 5. The highest BCUT2D eigenvalue weighted by Gasteiger charge is 2.26. The van der Waals surface area contributed by atoms with Gasteiger partial charge < -0.3 is 4.74 Å². The highest BCUT2D eigenvalue weighted by molar-refractivity contribution is 6.44. The van der Waals surface area contributed by atoms with Crippen LogP contribution in [-0.2, 0) is 9.53 Å². The van der Waals surface area contributed by atoms with E-state index in [1.54, 1.807) is 24.3 Å². The lowest BCUT2D eigenvalue weighted by atomic mass is 10.1. The van der Waals surface area contributed by atoms with Crippen LogP contribution in [0.5, 0.6) is 0 Å². The fraction of sp³-hybridized carbons (Fsp3) is 0. The maximum atomic E-state index is 12.0. The lowest BCUT2D eigenvalue weighted by Gasteiger charge is -2.03. The Morgan fingerprint density at radius 1 is 1.17 bits per heavy atom. The summed E-state index contributed by atoms with van der Waals surface area (Å²) in [6, 6.07) is 10.7. The largest absolute Gasteiger partial charge is 0.402 e. The van der Waals surface area contributed by atoms with Crippen molar-refractivity contribution in [1.29, 1.82) is 0 Å². The Balaban J connectivity index is 1.99. The molecule has 0 atom stereocenters. The standard InChI is InChI=1S/C16H8Cl2N2O4/c17-12-6-2-5-11(14(12)18)15-19-13(16(21)24-15)8-9-3-1-4-10(7-9)20(22)23/h1-8H/b13-8+. The molecule has 2 aromatic rings. The van der Waals surface area contributed by atoms with Gasteiger partial charge in [-0.15, -0.1) is 0 Å². The van der Waals surface area contributed by atoms with Gasteiger partial charge in [-0.1, -0.05) is 41.4 Å². The van der Waals surface area contributed by atoms with Crippen LogP contribution < -0.4 is 0 Å². The first-order chi connectivity index (χ1) is 11.5. The van der Waals surface area contributed by atoms with Gasteiger partial charge in [-0.25, -0.2) is 9.79 Å². The lowest BCUT2D eigenvalue weighted by molar-refractivity contribution is -0.384. The van der Waals surface area contributed by atoms with Gasteiger partial charge >= 0.3 is 5.97 Å². The zero-order valence-electron chi connectivity index (χ0n) is 11.9. The number of nitrogens with zero attached hydrogens (tertiary/aromatic N) is 2. The fourth-order valence-corrected chi connectivity index (χ4v) is 2.46. The van der Waals surface area contributed by atoms with Crippen molar-refractivity contribution < 1.29 is 14.5 Å². The number of nitro benzene ring substituents is 1. The Hall–Kier alpha value is -2.70. The van der Waals surface area contributed by atoms with Crippen molar-refractivity contribution in [2.24, 2.45) is 4.99 Å². The van der Waals surface area contributed by atoms with E-state index in [0.29, 0.717) is 16.1 Å². The molecule has 1 aliphatic rings. The number of non-ortho nitro benzene ring substituents is 1. The minimum atomic E-state index is -0.674. The molecule has 0 fully saturated rings. The summed E-state index contributed by atoms with van der Waals surface area (Å²) in [7, 11) is 0. The molecule has 0 saturated heterocycles. The molecule has 0 aromatic heterocycles. The molecular formula is C16H8Cl2N2O4. The summed E-state index contributed by atoms with van der Waals surface area (Å²) in [5.41, 5.74) is 0.776. The Morgan fingerprint density at radius 2 is 1.92 bits per heavy atom. The molecule has 0 spiro atoms. The molecule has 1 aliphatic heterocycles. The maximum absolute atomic E-state index is 12.0. The summed E-state index contributed by atoms with van der Waals surface area (Å²) in [4.78, 5) is 26.3. The van der Waals surface area contributed by atoms with E-state index in [2.05, 4.69) is 4.99 Å². The highest BCUT2D eigenvalue weighted by atomic mass is 35.5. The number of hydrogen-bond donors (Lipinski definition) is 0. The lowest BCUT2D eigenvalue weighted by Crippen LogP contribution is -2.06. The Labute approximate surface area is 146 Å². The minimum absolute atomic E-state index is 0.0153. The normalized spacial score (nSPS) is 15.3. The first-order valence-electron chi connectivity index (χ1n) is 6.67. The summed E-state index contributed by atoms with van der Waals surface area (Å²) in [6.07, 6.45) is 1.40. The van der Waals surface area contributed by atoms with Gasteiger partial charge in [0.25, 0.3) is 5.69 Å². The van der Waals surface area contributed by atoms with Crippen molar-refractivity contribution >= 4 is 46.8 Å². The van der Waals surface area contributed by atoms with E-state index in [4.69, 9.17) is 27.9 Å². The number of carbonyl (C=O) groups excluding carboxylic acids is 1. The van der Waals surface area contributed by atoms with Gasteiger partial charge in [0, 0.05) is 12.1 Å². The van der Waals surface area contributed by atoms with Crippen molar-refractivity contribution in [3.8, 4) is 0 Å². The summed E-state index contributed by atoms with van der Waals surface area (Å²) in [5, 5.41) is 11.3. The number of nitro groups is 1. The van der Waals surface area contributed by atoms with Gasteiger partial charge in [0.1, 0.15) is 0 Å². The third-order valence-corrected chi connectivity index (χ3v) is 4.01. The van der Waals surface area contributed by atoms with E-state index in [1.807, 2.05) is 0 Å². The quantitative estimate of drug-likeness (QED) is 0.353. The van der Waals surface area contributed by atoms with Gasteiger partial charge in [0.05, 0.1) is 20.5 Å². The van der Waals surface area contributed by atoms with Crippen molar-refractivity contribution in [2.45, 2.75) is 0 Å². The molecule has 8 heteroatoms. The maximum Gasteiger partial charge on any atom is 0.363 e. The van der Waals surface area contributed by atoms with Crippen molar-refractivity contribution in [1.82, 2.24) is 0 Å². The van der Waals surface area contributed by atoms with Crippen LogP contribution in [-0.4, -0.2) is 16.8 Å². The second-order valence-corrected chi connectivity index (χ2v) is 5.57. The number of aliphatic imine (C=N–C) groups is 1. The molecule has 0 bridgehead atoms. The number of carbonyl (C=O) groups is 1. The van der Waals surface area contributed by atoms with Crippen LogP contribution in [0.4, 0.5) is 5.69 Å².